The van der Waals surface area contributed by atoms with Gasteiger partial charge >= 0.3 is 0 Å². The van der Waals surface area contributed by atoms with Gasteiger partial charge in [-0.3, -0.25) is 0 Å². The zero-order valence-corrected chi connectivity index (χ0v) is 13.2. The minimum Gasteiger partial charge on any atom is -0.334 e. The number of hydrogen-bond acceptors (Lipinski definition) is 5. The molecule has 0 bridgehead atoms. The van der Waals surface area contributed by atoms with Crippen LogP contribution < -0.4 is 5.32 Å². The van der Waals surface area contributed by atoms with Gasteiger partial charge in [0.2, 0.25) is 0 Å². The van der Waals surface area contributed by atoms with Gasteiger partial charge in [0.15, 0.2) is 5.82 Å². The SMILES string of the molecule is CNC(C)Cc1noc(-c2cccc(-n3cccn3)c2)n1.Cl. The number of aromatic nitrogens is 4. The van der Waals surface area contributed by atoms with Crippen LogP contribution in [0.25, 0.3) is 17.1 Å². The van der Waals surface area contributed by atoms with Gasteiger partial charge in [0.05, 0.1) is 5.69 Å². The van der Waals surface area contributed by atoms with Crippen LogP contribution in [0.3, 0.4) is 0 Å². The second-order valence-electron chi connectivity index (χ2n) is 4.91. The first kappa shape index (κ1) is 16.2. The zero-order valence-electron chi connectivity index (χ0n) is 12.4. The predicted octanol–water partition coefficient (Wildman–Crippen LogP) is 2.49. The molecule has 6 nitrogen and oxygen atoms in total. The van der Waals surface area contributed by atoms with Crippen LogP contribution >= 0.6 is 12.4 Å². The average Bonchev–Trinajstić information content (AvgIpc) is 3.19. The Morgan fingerprint density at radius 3 is 2.91 bits per heavy atom. The minimum absolute atomic E-state index is 0. The van der Waals surface area contributed by atoms with Gasteiger partial charge in [-0.2, -0.15) is 10.1 Å². The van der Waals surface area contributed by atoms with Crippen molar-refractivity contribution in [3.05, 3.63) is 48.5 Å². The van der Waals surface area contributed by atoms with Crippen molar-refractivity contribution < 1.29 is 4.52 Å². The van der Waals surface area contributed by atoms with Crippen molar-refractivity contribution >= 4 is 12.4 Å². The summed E-state index contributed by atoms with van der Waals surface area (Å²) in [5.41, 5.74) is 1.85. The van der Waals surface area contributed by atoms with Gasteiger partial charge in [-0.25, -0.2) is 4.68 Å². The van der Waals surface area contributed by atoms with Gasteiger partial charge < -0.3 is 9.84 Å². The molecule has 1 atom stereocenters. The highest BCUT2D eigenvalue weighted by Crippen LogP contribution is 2.20. The number of rotatable bonds is 5. The Labute approximate surface area is 135 Å². The summed E-state index contributed by atoms with van der Waals surface area (Å²) in [7, 11) is 1.92. The van der Waals surface area contributed by atoms with Gasteiger partial charge in [0.25, 0.3) is 5.89 Å². The third kappa shape index (κ3) is 3.52. The van der Waals surface area contributed by atoms with Gasteiger partial charge in [-0.1, -0.05) is 11.2 Å². The second kappa shape index (κ2) is 7.20. The van der Waals surface area contributed by atoms with E-state index in [0.29, 0.717) is 17.8 Å². The summed E-state index contributed by atoms with van der Waals surface area (Å²) in [5.74, 6) is 1.23. The highest BCUT2D eigenvalue weighted by atomic mass is 35.5. The smallest absolute Gasteiger partial charge is 0.257 e. The molecule has 3 rings (SSSR count). The summed E-state index contributed by atoms with van der Waals surface area (Å²) in [4.78, 5) is 4.44. The Hall–Kier alpha value is -2.18. The van der Waals surface area contributed by atoms with E-state index in [1.165, 1.54) is 0 Å². The van der Waals surface area contributed by atoms with Crippen molar-refractivity contribution in [2.45, 2.75) is 19.4 Å². The zero-order chi connectivity index (χ0) is 14.7. The van der Waals surface area contributed by atoms with Gasteiger partial charge in [0, 0.05) is 30.4 Å². The number of hydrogen-bond donors (Lipinski definition) is 1. The van der Waals surface area contributed by atoms with Crippen LogP contribution in [-0.2, 0) is 6.42 Å². The number of halogens is 1. The molecule has 2 heterocycles. The fourth-order valence-corrected chi connectivity index (χ4v) is 2.03. The van der Waals surface area contributed by atoms with E-state index < -0.39 is 0 Å². The predicted molar refractivity (Wildman–Crippen MR) is 86.3 cm³/mol. The third-order valence-electron chi connectivity index (χ3n) is 3.31. The Balaban J connectivity index is 0.00000176. The molecule has 0 aliphatic carbocycles. The van der Waals surface area contributed by atoms with Crippen LogP contribution in [0, 0.1) is 0 Å². The second-order valence-corrected chi connectivity index (χ2v) is 4.91. The summed E-state index contributed by atoms with van der Waals surface area (Å²) in [6.07, 6.45) is 4.38. The first-order valence-electron chi connectivity index (χ1n) is 6.86. The number of nitrogens with zero attached hydrogens (tertiary/aromatic N) is 4. The van der Waals surface area contributed by atoms with Crippen molar-refractivity contribution in [3.8, 4) is 17.1 Å². The summed E-state index contributed by atoms with van der Waals surface area (Å²) in [5, 5.41) is 11.4. The van der Waals surface area contributed by atoms with Crippen molar-refractivity contribution in [1.82, 2.24) is 25.2 Å². The highest BCUT2D eigenvalue weighted by Gasteiger charge is 2.11. The lowest BCUT2D eigenvalue weighted by Gasteiger charge is -2.04. The fourth-order valence-electron chi connectivity index (χ4n) is 2.03. The van der Waals surface area contributed by atoms with E-state index in [9.17, 15) is 0 Å². The van der Waals surface area contributed by atoms with Crippen molar-refractivity contribution in [1.29, 1.82) is 0 Å². The average molecular weight is 320 g/mol. The first-order valence-corrected chi connectivity index (χ1v) is 6.86. The lowest BCUT2D eigenvalue weighted by atomic mass is 10.2. The van der Waals surface area contributed by atoms with Crippen LogP contribution in [0.2, 0.25) is 0 Å². The molecule has 0 saturated heterocycles. The molecule has 0 radical (unpaired) electrons. The minimum atomic E-state index is 0. The molecule has 1 N–H and O–H groups in total. The van der Waals surface area contributed by atoms with Crippen LogP contribution in [0.5, 0.6) is 0 Å². The molecule has 2 aromatic heterocycles. The summed E-state index contributed by atoms with van der Waals surface area (Å²) in [6.45, 7) is 2.08. The lowest BCUT2D eigenvalue weighted by molar-refractivity contribution is 0.418. The molecule has 0 fully saturated rings. The molecule has 0 spiro atoms. The van der Waals surface area contributed by atoms with E-state index in [1.54, 1.807) is 10.9 Å². The maximum Gasteiger partial charge on any atom is 0.257 e. The van der Waals surface area contributed by atoms with Crippen molar-refractivity contribution in [2.24, 2.45) is 0 Å². The maximum absolute atomic E-state index is 5.35. The van der Waals surface area contributed by atoms with Crippen LogP contribution in [0.1, 0.15) is 12.7 Å². The highest BCUT2D eigenvalue weighted by molar-refractivity contribution is 5.85. The van der Waals surface area contributed by atoms with E-state index in [0.717, 1.165) is 17.7 Å². The number of likely N-dealkylation sites (N-methyl/N-ethyl adjacent to an activating group) is 1. The van der Waals surface area contributed by atoms with Crippen LogP contribution in [-0.4, -0.2) is 33.0 Å². The topological polar surface area (TPSA) is 68.8 Å². The molecule has 0 aliphatic heterocycles. The Morgan fingerprint density at radius 1 is 1.32 bits per heavy atom. The third-order valence-corrected chi connectivity index (χ3v) is 3.31. The Kier molecular flexibility index (Phi) is 5.30. The van der Waals surface area contributed by atoms with E-state index in [-0.39, 0.29) is 12.4 Å². The molecule has 116 valence electrons. The fraction of sp³-hybridized carbons (Fsp3) is 0.267. The molecule has 7 heteroatoms. The largest absolute Gasteiger partial charge is 0.334 e. The quantitative estimate of drug-likeness (QED) is 0.782. The van der Waals surface area contributed by atoms with Crippen LogP contribution in [0.4, 0.5) is 0 Å². The number of nitrogens with one attached hydrogen (secondary N) is 1. The summed E-state index contributed by atoms with van der Waals surface area (Å²) in [6, 6.07) is 10.1. The standard InChI is InChI=1S/C15H17N5O.ClH/c1-11(16-2)9-14-18-15(21-19-14)12-5-3-6-13(10-12)20-8-4-7-17-20;/h3-8,10-11,16H,9H2,1-2H3;1H. The summed E-state index contributed by atoms with van der Waals surface area (Å²) < 4.78 is 7.15. The molecule has 3 aromatic rings. The normalized spacial score (nSPS) is 11.9. The van der Waals surface area contributed by atoms with Gasteiger partial charge in [-0.15, -0.1) is 12.4 Å². The van der Waals surface area contributed by atoms with Crippen LogP contribution in [0.15, 0.2) is 47.2 Å². The lowest BCUT2D eigenvalue weighted by Crippen LogP contribution is -2.24. The van der Waals surface area contributed by atoms with E-state index in [4.69, 9.17) is 4.52 Å². The van der Waals surface area contributed by atoms with E-state index in [1.807, 2.05) is 43.6 Å². The molecule has 0 aliphatic rings. The van der Waals surface area contributed by atoms with Gasteiger partial charge in [-0.05, 0) is 38.2 Å². The van der Waals surface area contributed by atoms with Crippen molar-refractivity contribution in [2.75, 3.05) is 7.05 Å². The molecular formula is C15H18ClN5O. The molecular weight excluding hydrogens is 302 g/mol. The maximum atomic E-state index is 5.35. The molecule has 0 amide bonds. The first-order chi connectivity index (χ1) is 10.3. The molecule has 1 aromatic carbocycles. The van der Waals surface area contributed by atoms with E-state index >= 15 is 0 Å². The Bertz CT molecular complexity index is 710. The monoisotopic (exact) mass is 319 g/mol. The molecule has 1 unspecified atom stereocenters. The summed E-state index contributed by atoms with van der Waals surface area (Å²) >= 11 is 0. The number of benzene rings is 1. The molecule has 22 heavy (non-hydrogen) atoms. The van der Waals surface area contributed by atoms with E-state index in [2.05, 4.69) is 27.5 Å². The Morgan fingerprint density at radius 2 is 2.18 bits per heavy atom. The van der Waals surface area contributed by atoms with Gasteiger partial charge in [0.1, 0.15) is 0 Å². The molecule has 0 saturated carbocycles. The van der Waals surface area contributed by atoms with Crippen molar-refractivity contribution in [3.63, 3.8) is 0 Å².